The van der Waals surface area contributed by atoms with Crippen LogP contribution in [0.3, 0.4) is 0 Å². The summed E-state index contributed by atoms with van der Waals surface area (Å²) in [4.78, 5) is 18.7. The Bertz CT molecular complexity index is 508. The summed E-state index contributed by atoms with van der Waals surface area (Å²) in [6.45, 7) is 1.96. The fraction of sp³-hybridized carbons (Fsp3) is 0.100. The zero-order chi connectivity index (χ0) is 10.1. The molecule has 2 aromatic rings. The van der Waals surface area contributed by atoms with Gasteiger partial charge in [0.25, 0.3) is 5.91 Å². The summed E-state index contributed by atoms with van der Waals surface area (Å²) in [5.74, 6) is -0.545. The Balaban J connectivity index is 2.69. The highest BCUT2D eigenvalue weighted by Crippen LogP contribution is 2.12. The topological polar surface area (TPSA) is 68.9 Å². The second-order valence-corrected chi connectivity index (χ2v) is 3.12. The van der Waals surface area contributed by atoms with Crippen LogP contribution < -0.4 is 5.73 Å². The number of aromatic nitrogens is 2. The Morgan fingerprint density at radius 1 is 1.43 bits per heavy atom. The smallest absolute Gasteiger partial charge is 0.286 e. The number of aryl methyl sites for hydroxylation is 1. The number of amides is 1. The number of carbonyl (C=O) groups excluding carboxylic acids is 1. The third-order valence-electron chi connectivity index (χ3n) is 1.96. The van der Waals surface area contributed by atoms with Crippen LogP contribution in [0.15, 0.2) is 24.4 Å². The Labute approximate surface area is 80.8 Å². The molecule has 1 amide bonds. The second kappa shape index (κ2) is 3.06. The molecule has 0 saturated carbocycles. The molecular formula is C10H9N3O. The average Bonchev–Trinajstić information content (AvgIpc) is 2.16. The highest BCUT2D eigenvalue weighted by molar-refractivity contribution is 5.91. The Hall–Kier alpha value is -1.97. The quantitative estimate of drug-likeness (QED) is 0.725. The molecule has 0 aliphatic carbocycles. The summed E-state index contributed by atoms with van der Waals surface area (Å²) in [6.07, 6.45) is 1.60. The maximum atomic E-state index is 10.8. The molecule has 0 fully saturated rings. The molecule has 2 rings (SSSR count). The van der Waals surface area contributed by atoms with Gasteiger partial charge >= 0.3 is 0 Å². The van der Waals surface area contributed by atoms with Gasteiger partial charge in [0.05, 0.1) is 5.52 Å². The van der Waals surface area contributed by atoms with E-state index in [1.807, 2.05) is 25.1 Å². The van der Waals surface area contributed by atoms with Crippen molar-refractivity contribution in [2.24, 2.45) is 5.73 Å². The second-order valence-electron chi connectivity index (χ2n) is 3.12. The lowest BCUT2D eigenvalue weighted by molar-refractivity contribution is 0.0991. The molecule has 0 aliphatic rings. The van der Waals surface area contributed by atoms with Gasteiger partial charge in [0.2, 0.25) is 5.82 Å². The molecule has 70 valence electrons. The van der Waals surface area contributed by atoms with Gasteiger partial charge in [-0.15, -0.1) is 0 Å². The van der Waals surface area contributed by atoms with E-state index in [-0.39, 0.29) is 5.82 Å². The van der Waals surface area contributed by atoms with Crippen LogP contribution in [0, 0.1) is 6.92 Å². The summed E-state index contributed by atoms with van der Waals surface area (Å²) in [5.41, 5.74) is 6.91. The standard InChI is InChI=1S/C10H9N3O/c1-6-2-3-7-5-12-10(9(11)14)13-8(7)4-6/h2-5H,1H3,(H2,11,14). The van der Waals surface area contributed by atoms with E-state index in [1.54, 1.807) is 6.20 Å². The van der Waals surface area contributed by atoms with Gasteiger partial charge in [-0.05, 0) is 18.6 Å². The fourth-order valence-corrected chi connectivity index (χ4v) is 1.25. The van der Waals surface area contributed by atoms with Gasteiger partial charge in [0.1, 0.15) is 0 Å². The van der Waals surface area contributed by atoms with Crippen LogP contribution in [0.4, 0.5) is 0 Å². The predicted molar refractivity (Wildman–Crippen MR) is 52.8 cm³/mol. The van der Waals surface area contributed by atoms with Crippen LogP contribution in [0.25, 0.3) is 10.9 Å². The van der Waals surface area contributed by atoms with E-state index in [0.29, 0.717) is 0 Å². The number of nitrogens with zero attached hydrogens (tertiary/aromatic N) is 2. The van der Waals surface area contributed by atoms with E-state index >= 15 is 0 Å². The van der Waals surface area contributed by atoms with E-state index in [4.69, 9.17) is 5.73 Å². The first-order valence-electron chi connectivity index (χ1n) is 4.20. The first kappa shape index (κ1) is 8.62. The zero-order valence-electron chi connectivity index (χ0n) is 7.69. The van der Waals surface area contributed by atoms with E-state index in [9.17, 15) is 4.79 Å². The number of nitrogens with two attached hydrogens (primary N) is 1. The fourth-order valence-electron chi connectivity index (χ4n) is 1.25. The monoisotopic (exact) mass is 187 g/mol. The minimum atomic E-state index is -0.603. The average molecular weight is 187 g/mol. The maximum absolute atomic E-state index is 10.8. The summed E-state index contributed by atoms with van der Waals surface area (Å²) < 4.78 is 0. The minimum Gasteiger partial charge on any atom is -0.363 e. The van der Waals surface area contributed by atoms with Gasteiger partial charge in [-0.25, -0.2) is 9.97 Å². The summed E-state index contributed by atoms with van der Waals surface area (Å²) in [5, 5.41) is 0.903. The normalized spacial score (nSPS) is 10.4. The molecule has 0 atom stereocenters. The molecule has 4 heteroatoms. The zero-order valence-corrected chi connectivity index (χ0v) is 7.69. The van der Waals surface area contributed by atoms with Crippen molar-refractivity contribution in [1.29, 1.82) is 0 Å². The number of benzene rings is 1. The third kappa shape index (κ3) is 1.42. The molecular weight excluding hydrogens is 178 g/mol. The Kier molecular flexibility index (Phi) is 1.89. The predicted octanol–water partition coefficient (Wildman–Crippen LogP) is 1.04. The van der Waals surface area contributed by atoms with Crippen LogP contribution in [0.5, 0.6) is 0 Å². The van der Waals surface area contributed by atoms with Crippen molar-refractivity contribution in [2.75, 3.05) is 0 Å². The Morgan fingerprint density at radius 2 is 2.21 bits per heavy atom. The van der Waals surface area contributed by atoms with Crippen LogP contribution in [0.1, 0.15) is 16.2 Å². The number of fused-ring (bicyclic) bond motifs is 1. The van der Waals surface area contributed by atoms with Crippen molar-refractivity contribution in [1.82, 2.24) is 9.97 Å². The van der Waals surface area contributed by atoms with Crippen LogP contribution in [-0.2, 0) is 0 Å². The van der Waals surface area contributed by atoms with Crippen LogP contribution in [-0.4, -0.2) is 15.9 Å². The largest absolute Gasteiger partial charge is 0.363 e. The maximum Gasteiger partial charge on any atom is 0.286 e. The summed E-state index contributed by atoms with van der Waals surface area (Å²) in [7, 11) is 0. The molecule has 0 radical (unpaired) electrons. The number of hydrogen-bond donors (Lipinski definition) is 1. The first-order valence-corrected chi connectivity index (χ1v) is 4.20. The van der Waals surface area contributed by atoms with Gasteiger partial charge < -0.3 is 5.73 Å². The van der Waals surface area contributed by atoms with E-state index < -0.39 is 5.91 Å². The molecule has 2 N–H and O–H groups in total. The number of rotatable bonds is 1. The molecule has 1 aromatic heterocycles. The lowest BCUT2D eigenvalue weighted by Crippen LogP contribution is -2.14. The molecule has 0 bridgehead atoms. The highest BCUT2D eigenvalue weighted by atomic mass is 16.1. The highest BCUT2D eigenvalue weighted by Gasteiger charge is 2.04. The molecule has 1 aromatic carbocycles. The lowest BCUT2D eigenvalue weighted by Gasteiger charge is -1.99. The van der Waals surface area contributed by atoms with E-state index in [1.165, 1.54) is 0 Å². The third-order valence-corrected chi connectivity index (χ3v) is 1.96. The van der Waals surface area contributed by atoms with Crippen molar-refractivity contribution in [3.63, 3.8) is 0 Å². The minimum absolute atomic E-state index is 0.0584. The van der Waals surface area contributed by atoms with Gasteiger partial charge in [-0.1, -0.05) is 12.1 Å². The summed E-state index contributed by atoms with van der Waals surface area (Å²) in [6, 6.07) is 5.77. The molecule has 1 heterocycles. The van der Waals surface area contributed by atoms with E-state index in [0.717, 1.165) is 16.5 Å². The molecule has 0 spiro atoms. The van der Waals surface area contributed by atoms with Crippen molar-refractivity contribution in [3.05, 3.63) is 35.8 Å². The van der Waals surface area contributed by atoms with Crippen molar-refractivity contribution >= 4 is 16.8 Å². The molecule has 0 saturated heterocycles. The Morgan fingerprint density at radius 3 is 2.93 bits per heavy atom. The lowest BCUT2D eigenvalue weighted by atomic mass is 10.2. The van der Waals surface area contributed by atoms with Crippen LogP contribution >= 0.6 is 0 Å². The SMILES string of the molecule is Cc1ccc2cnc(C(N)=O)nc2c1. The van der Waals surface area contributed by atoms with Gasteiger partial charge in [0, 0.05) is 11.6 Å². The first-order chi connectivity index (χ1) is 6.66. The number of hydrogen-bond acceptors (Lipinski definition) is 3. The molecule has 0 aliphatic heterocycles. The molecule has 4 nitrogen and oxygen atoms in total. The number of carbonyl (C=O) groups is 1. The number of primary amides is 1. The molecule has 14 heavy (non-hydrogen) atoms. The van der Waals surface area contributed by atoms with Crippen molar-refractivity contribution in [3.8, 4) is 0 Å². The van der Waals surface area contributed by atoms with Gasteiger partial charge in [-0.3, -0.25) is 4.79 Å². The molecule has 0 unspecified atom stereocenters. The van der Waals surface area contributed by atoms with Gasteiger partial charge in [0.15, 0.2) is 0 Å². The van der Waals surface area contributed by atoms with Crippen molar-refractivity contribution in [2.45, 2.75) is 6.92 Å². The summed E-state index contributed by atoms with van der Waals surface area (Å²) >= 11 is 0. The van der Waals surface area contributed by atoms with Crippen molar-refractivity contribution < 1.29 is 4.79 Å². The van der Waals surface area contributed by atoms with Gasteiger partial charge in [-0.2, -0.15) is 0 Å². The van der Waals surface area contributed by atoms with E-state index in [2.05, 4.69) is 9.97 Å². The van der Waals surface area contributed by atoms with Crippen LogP contribution in [0.2, 0.25) is 0 Å².